The largest absolute Gasteiger partial charge is 0.300 e. The molecule has 0 amide bonds. The maximum atomic E-state index is 3.88. The summed E-state index contributed by atoms with van der Waals surface area (Å²) >= 11 is 0. The van der Waals surface area contributed by atoms with Crippen molar-refractivity contribution in [3.05, 3.63) is 108 Å². The smallest absolute Gasteiger partial charge is 0.0947 e. The zero-order chi connectivity index (χ0) is 16.7. The first-order valence-corrected chi connectivity index (χ1v) is 8.79. The van der Waals surface area contributed by atoms with E-state index in [2.05, 4.69) is 103 Å². The molecule has 0 fully saturated rings. The SMILES string of the molecule is CCCCNC(c1ccccc1)(c1ccccc1)c1ccccc1. The molecular weight excluding hydrogens is 290 g/mol. The van der Waals surface area contributed by atoms with Crippen LogP contribution < -0.4 is 5.32 Å². The van der Waals surface area contributed by atoms with Crippen LogP contribution in [0.15, 0.2) is 91.0 Å². The Labute approximate surface area is 145 Å². The number of hydrogen-bond acceptors (Lipinski definition) is 1. The zero-order valence-electron chi connectivity index (χ0n) is 14.3. The summed E-state index contributed by atoms with van der Waals surface area (Å²) in [7, 11) is 0. The molecule has 0 aliphatic rings. The quantitative estimate of drug-likeness (QED) is 0.456. The normalized spacial score (nSPS) is 11.4. The maximum absolute atomic E-state index is 3.88. The summed E-state index contributed by atoms with van der Waals surface area (Å²) in [5, 5.41) is 3.88. The molecule has 0 heterocycles. The second kappa shape index (κ2) is 7.94. The van der Waals surface area contributed by atoms with E-state index in [0.29, 0.717) is 0 Å². The highest BCUT2D eigenvalue weighted by molar-refractivity contribution is 5.49. The van der Waals surface area contributed by atoms with Crippen LogP contribution in [0.3, 0.4) is 0 Å². The second-order valence-electron chi connectivity index (χ2n) is 6.13. The van der Waals surface area contributed by atoms with Gasteiger partial charge in [0.25, 0.3) is 0 Å². The van der Waals surface area contributed by atoms with Crippen LogP contribution >= 0.6 is 0 Å². The molecule has 0 aliphatic heterocycles. The van der Waals surface area contributed by atoms with E-state index < -0.39 is 0 Å². The lowest BCUT2D eigenvalue weighted by molar-refractivity contribution is 0.464. The van der Waals surface area contributed by atoms with E-state index in [0.717, 1.165) is 13.0 Å². The fraction of sp³-hybridized carbons (Fsp3) is 0.217. The monoisotopic (exact) mass is 315 g/mol. The molecule has 0 aromatic heterocycles. The summed E-state index contributed by atoms with van der Waals surface area (Å²) in [6.07, 6.45) is 2.34. The summed E-state index contributed by atoms with van der Waals surface area (Å²) in [5.41, 5.74) is 3.51. The fourth-order valence-corrected chi connectivity index (χ4v) is 3.32. The van der Waals surface area contributed by atoms with E-state index in [1.807, 2.05) is 0 Å². The minimum Gasteiger partial charge on any atom is -0.300 e. The van der Waals surface area contributed by atoms with Crippen LogP contribution in [0.1, 0.15) is 36.5 Å². The van der Waals surface area contributed by atoms with Gasteiger partial charge in [0.2, 0.25) is 0 Å². The molecule has 1 N–H and O–H groups in total. The van der Waals surface area contributed by atoms with Gasteiger partial charge in [0, 0.05) is 0 Å². The Morgan fingerprint density at radius 3 is 1.33 bits per heavy atom. The lowest BCUT2D eigenvalue weighted by Gasteiger charge is -2.37. The van der Waals surface area contributed by atoms with Crippen molar-refractivity contribution in [2.24, 2.45) is 0 Å². The van der Waals surface area contributed by atoms with Gasteiger partial charge in [-0.1, -0.05) is 104 Å². The van der Waals surface area contributed by atoms with Gasteiger partial charge >= 0.3 is 0 Å². The van der Waals surface area contributed by atoms with Crippen molar-refractivity contribution in [1.29, 1.82) is 0 Å². The van der Waals surface area contributed by atoms with E-state index in [1.54, 1.807) is 0 Å². The summed E-state index contributed by atoms with van der Waals surface area (Å²) in [6.45, 7) is 3.21. The third-order valence-corrected chi connectivity index (χ3v) is 4.54. The Morgan fingerprint density at radius 1 is 0.625 bits per heavy atom. The number of rotatable bonds is 7. The van der Waals surface area contributed by atoms with Crippen LogP contribution in [0.25, 0.3) is 0 Å². The average Bonchev–Trinajstić information content (AvgIpc) is 2.68. The second-order valence-corrected chi connectivity index (χ2v) is 6.13. The van der Waals surface area contributed by atoms with Crippen molar-refractivity contribution in [3.8, 4) is 0 Å². The maximum Gasteiger partial charge on any atom is 0.0947 e. The molecule has 0 atom stereocenters. The van der Waals surface area contributed by atoms with Gasteiger partial charge in [0.1, 0.15) is 0 Å². The molecule has 0 unspecified atom stereocenters. The van der Waals surface area contributed by atoms with Crippen LogP contribution in [0.2, 0.25) is 0 Å². The Kier molecular flexibility index (Phi) is 5.45. The van der Waals surface area contributed by atoms with E-state index in [-0.39, 0.29) is 5.54 Å². The average molecular weight is 315 g/mol. The Morgan fingerprint density at radius 2 is 1.00 bits per heavy atom. The summed E-state index contributed by atoms with van der Waals surface area (Å²) in [4.78, 5) is 0. The summed E-state index contributed by atoms with van der Waals surface area (Å²) in [6, 6.07) is 32.3. The van der Waals surface area contributed by atoms with Crippen molar-refractivity contribution in [1.82, 2.24) is 5.32 Å². The van der Waals surface area contributed by atoms with Crippen molar-refractivity contribution >= 4 is 0 Å². The van der Waals surface area contributed by atoms with Crippen molar-refractivity contribution in [2.75, 3.05) is 6.54 Å². The topological polar surface area (TPSA) is 12.0 Å². The summed E-state index contributed by atoms with van der Waals surface area (Å²) < 4.78 is 0. The molecule has 0 radical (unpaired) electrons. The third kappa shape index (κ3) is 3.27. The van der Waals surface area contributed by atoms with Crippen molar-refractivity contribution in [3.63, 3.8) is 0 Å². The van der Waals surface area contributed by atoms with Crippen LogP contribution in [-0.4, -0.2) is 6.54 Å². The molecule has 0 spiro atoms. The molecular formula is C23H25N. The van der Waals surface area contributed by atoms with E-state index in [9.17, 15) is 0 Å². The molecule has 1 nitrogen and oxygen atoms in total. The minimum atomic E-state index is -0.320. The van der Waals surface area contributed by atoms with Gasteiger partial charge in [-0.25, -0.2) is 0 Å². The molecule has 1 heteroatoms. The van der Waals surface area contributed by atoms with E-state index in [1.165, 1.54) is 23.1 Å². The zero-order valence-corrected chi connectivity index (χ0v) is 14.3. The predicted octanol–water partition coefficient (Wildman–Crippen LogP) is 5.37. The first-order valence-electron chi connectivity index (χ1n) is 8.79. The predicted molar refractivity (Wildman–Crippen MR) is 102 cm³/mol. The highest BCUT2D eigenvalue weighted by Crippen LogP contribution is 2.36. The number of hydrogen-bond donors (Lipinski definition) is 1. The van der Waals surface area contributed by atoms with Gasteiger partial charge in [-0.15, -0.1) is 0 Å². The molecule has 0 saturated carbocycles. The highest BCUT2D eigenvalue weighted by atomic mass is 15.0. The first kappa shape index (κ1) is 16.5. The van der Waals surface area contributed by atoms with Crippen molar-refractivity contribution < 1.29 is 0 Å². The number of unbranched alkanes of at least 4 members (excludes halogenated alkanes) is 1. The van der Waals surface area contributed by atoms with Gasteiger partial charge in [0.15, 0.2) is 0 Å². The molecule has 24 heavy (non-hydrogen) atoms. The van der Waals surface area contributed by atoms with Crippen molar-refractivity contribution in [2.45, 2.75) is 25.3 Å². The van der Waals surface area contributed by atoms with E-state index >= 15 is 0 Å². The van der Waals surface area contributed by atoms with Crippen LogP contribution in [-0.2, 0) is 5.54 Å². The first-order chi connectivity index (χ1) is 11.9. The third-order valence-electron chi connectivity index (χ3n) is 4.54. The summed E-state index contributed by atoms with van der Waals surface area (Å²) in [5.74, 6) is 0. The van der Waals surface area contributed by atoms with Crippen LogP contribution in [0, 0.1) is 0 Å². The molecule has 3 aromatic carbocycles. The molecule has 0 aliphatic carbocycles. The molecule has 3 rings (SSSR count). The van der Waals surface area contributed by atoms with Gasteiger partial charge in [0.05, 0.1) is 5.54 Å². The Hall–Kier alpha value is -2.38. The number of nitrogens with one attached hydrogen (secondary N) is 1. The molecule has 0 saturated heterocycles. The lowest BCUT2D eigenvalue weighted by atomic mass is 9.77. The minimum absolute atomic E-state index is 0.320. The van der Waals surface area contributed by atoms with Gasteiger partial charge in [-0.05, 0) is 29.7 Å². The van der Waals surface area contributed by atoms with Gasteiger partial charge in [-0.3, -0.25) is 5.32 Å². The van der Waals surface area contributed by atoms with Crippen LogP contribution in [0.4, 0.5) is 0 Å². The molecule has 0 bridgehead atoms. The number of benzene rings is 3. The highest BCUT2D eigenvalue weighted by Gasteiger charge is 2.35. The lowest BCUT2D eigenvalue weighted by Crippen LogP contribution is -2.45. The fourth-order valence-electron chi connectivity index (χ4n) is 3.32. The van der Waals surface area contributed by atoms with Crippen LogP contribution in [0.5, 0.6) is 0 Å². The van der Waals surface area contributed by atoms with E-state index in [4.69, 9.17) is 0 Å². The molecule has 3 aromatic rings. The Bertz CT molecular complexity index is 623. The Balaban J connectivity index is 2.20. The standard InChI is InChI=1S/C23H25N/c1-2-3-19-24-23(20-13-7-4-8-14-20,21-15-9-5-10-16-21)22-17-11-6-12-18-22/h4-18,24H,2-3,19H2,1H3. The molecule has 122 valence electrons. The van der Waals surface area contributed by atoms with Gasteiger partial charge < -0.3 is 0 Å². The van der Waals surface area contributed by atoms with Gasteiger partial charge in [-0.2, -0.15) is 0 Å².